The van der Waals surface area contributed by atoms with Crippen molar-refractivity contribution < 1.29 is 4.42 Å². The summed E-state index contributed by atoms with van der Waals surface area (Å²) in [6, 6.07) is 7.71. The number of nitrogens with zero attached hydrogens (tertiary/aromatic N) is 1. The molecule has 0 aliphatic carbocycles. The van der Waals surface area contributed by atoms with Gasteiger partial charge in [0.1, 0.15) is 5.58 Å². The molecule has 0 fully saturated rings. The predicted molar refractivity (Wildman–Crippen MR) is 91.1 cm³/mol. The van der Waals surface area contributed by atoms with Crippen LogP contribution in [0.1, 0.15) is 24.7 Å². The van der Waals surface area contributed by atoms with Gasteiger partial charge in [-0.2, -0.15) is 12.6 Å². The predicted octanol–water partition coefficient (Wildman–Crippen LogP) is 3.08. The number of rotatable bonds is 5. The van der Waals surface area contributed by atoms with Crippen LogP contribution in [0.15, 0.2) is 45.8 Å². The minimum Gasteiger partial charge on any atom is -0.422 e. The smallest absolute Gasteiger partial charge is 0.340 e. The van der Waals surface area contributed by atoms with Crippen molar-refractivity contribution in [2.75, 3.05) is 18.0 Å². The Hall–Kier alpha value is -1.88. The fourth-order valence-electron chi connectivity index (χ4n) is 2.32. The van der Waals surface area contributed by atoms with Gasteiger partial charge in [0.05, 0.1) is 10.8 Å². The summed E-state index contributed by atoms with van der Waals surface area (Å²) in [7, 11) is 0. The van der Waals surface area contributed by atoms with E-state index in [0.717, 1.165) is 24.2 Å². The van der Waals surface area contributed by atoms with Crippen molar-refractivity contribution in [3.63, 3.8) is 0 Å². The highest BCUT2D eigenvalue weighted by atomic mass is 32.1. The van der Waals surface area contributed by atoms with Crippen molar-refractivity contribution in [3.8, 4) is 0 Å². The number of fused-ring (bicyclic) bond motifs is 1. The molecule has 5 heteroatoms. The average molecular weight is 304 g/mol. The molecule has 2 rings (SSSR count). The van der Waals surface area contributed by atoms with E-state index in [-0.39, 0.29) is 10.9 Å². The monoisotopic (exact) mass is 304 g/mol. The Morgan fingerprint density at radius 1 is 1.33 bits per heavy atom. The Morgan fingerprint density at radius 3 is 2.67 bits per heavy atom. The molecule has 0 bridgehead atoms. The summed E-state index contributed by atoms with van der Waals surface area (Å²) in [5.74, 6) is 0. The Kier molecular flexibility index (Phi) is 4.96. The third-order valence-corrected chi connectivity index (χ3v) is 3.94. The van der Waals surface area contributed by atoms with Gasteiger partial charge >= 0.3 is 5.63 Å². The summed E-state index contributed by atoms with van der Waals surface area (Å²) in [5.41, 5.74) is 7.09. The highest BCUT2D eigenvalue weighted by Crippen LogP contribution is 2.25. The number of thiol groups is 1. The van der Waals surface area contributed by atoms with E-state index in [2.05, 4.69) is 31.4 Å². The quantitative estimate of drug-likeness (QED) is 0.658. The number of hydrogen-bond donors (Lipinski definition) is 2. The van der Waals surface area contributed by atoms with Gasteiger partial charge in [-0.3, -0.25) is 0 Å². The third-order valence-electron chi connectivity index (χ3n) is 3.49. The first-order chi connectivity index (χ1) is 10.1. The lowest BCUT2D eigenvalue weighted by atomic mass is 10.1. The van der Waals surface area contributed by atoms with Crippen LogP contribution in [-0.2, 0) is 0 Å². The highest BCUT2D eigenvalue weighted by molar-refractivity contribution is 7.80. The SMILES string of the molecule is CCN(CC)c1ccc2cc([C@@H](S)/C=C/N)c(=O)oc2c1. The average Bonchev–Trinajstić information content (AvgIpc) is 2.48. The topological polar surface area (TPSA) is 59.5 Å². The normalized spacial score (nSPS) is 12.9. The van der Waals surface area contributed by atoms with E-state index in [9.17, 15) is 4.79 Å². The molecular weight excluding hydrogens is 284 g/mol. The van der Waals surface area contributed by atoms with Gasteiger partial charge < -0.3 is 15.1 Å². The molecule has 0 radical (unpaired) electrons. The minimum atomic E-state index is -0.378. The van der Waals surface area contributed by atoms with Gasteiger partial charge in [-0.1, -0.05) is 6.08 Å². The molecule has 0 aliphatic rings. The van der Waals surface area contributed by atoms with Crippen LogP contribution in [0.2, 0.25) is 0 Å². The van der Waals surface area contributed by atoms with Crippen LogP contribution in [0.4, 0.5) is 5.69 Å². The van der Waals surface area contributed by atoms with Crippen molar-refractivity contribution in [3.05, 3.63) is 52.5 Å². The number of nitrogens with two attached hydrogens (primary N) is 1. The van der Waals surface area contributed by atoms with Crippen molar-refractivity contribution in [2.45, 2.75) is 19.1 Å². The van der Waals surface area contributed by atoms with Gasteiger partial charge in [0, 0.05) is 30.2 Å². The zero-order valence-electron chi connectivity index (χ0n) is 12.2. The molecule has 2 N–H and O–H groups in total. The van der Waals surface area contributed by atoms with Crippen molar-refractivity contribution in [2.24, 2.45) is 5.73 Å². The zero-order chi connectivity index (χ0) is 15.4. The van der Waals surface area contributed by atoms with Crippen LogP contribution in [0.25, 0.3) is 11.0 Å². The Balaban J connectivity index is 2.52. The highest BCUT2D eigenvalue weighted by Gasteiger charge is 2.12. The Bertz CT molecular complexity index is 705. The molecule has 1 aromatic carbocycles. The van der Waals surface area contributed by atoms with E-state index in [4.69, 9.17) is 10.2 Å². The summed E-state index contributed by atoms with van der Waals surface area (Å²) in [6.07, 6.45) is 3.02. The van der Waals surface area contributed by atoms with E-state index in [1.807, 2.05) is 24.3 Å². The lowest BCUT2D eigenvalue weighted by Crippen LogP contribution is -2.21. The maximum absolute atomic E-state index is 12.1. The summed E-state index contributed by atoms with van der Waals surface area (Å²) in [6.45, 7) is 6.00. The van der Waals surface area contributed by atoms with E-state index in [1.54, 1.807) is 6.08 Å². The first-order valence-electron chi connectivity index (χ1n) is 6.99. The lowest BCUT2D eigenvalue weighted by molar-refractivity contribution is 0.552. The molecule has 1 atom stereocenters. The second-order valence-electron chi connectivity index (χ2n) is 4.71. The van der Waals surface area contributed by atoms with Crippen LogP contribution in [0.3, 0.4) is 0 Å². The molecule has 0 unspecified atom stereocenters. The molecule has 2 aromatic rings. The van der Waals surface area contributed by atoms with Gasteiger partial charge in [0.2, 0.25) is 0 Å². The summed E-state index contributed by atoms with van der Waals surface area (Å²) < 4.78 is 5.43. The van der Waals surface area contributed by atoms with Crippen LogP contribution < -0.4 is 16.3 Å². The van der Waals surface area contributed by atoms with Crippen LogP contribution >= 0.6 is 12.6 Å². The van der Waals surface area contributed by atoms with E-state index >= 15 is 0 Å². The van der Waals surface area contributed by atoms with Crippen molar-refractivity contribution in [1.82, 2.24) is 0 Å². The van der Waals surface area contributed by atoms with Crippen molar-refractivity contribution in [1.29, 1.82) is 0 Å². The first kappa shape index (κ1) is 15.5. The first-order valence-corrected chi connectivity index (χ1v) is 7.51. The standard InChI is InChI=1S/C16H20N2O2S/c1-3-18(4-2)12-6-5-11-9-13(15(21)7-8-17)16(19)20-14(11)10-12/h5-10,15,21H,3-4,17H2,1-2H3/b8-7+/t15-/m0/s1. The van der Waals surface area contributed by atoms with Gasteiger partial charge in [0.25, 0.3) is 0 Å². The van der Waals surface area contributed by atoms with Crippen molar-refractivity contribution >= 4 is 29.3 Å². The van der Waals surface area contributed by atoms with E-state index < -0.39 is 0 Å². The van der Waals surface area contributed by atoms with Gasteiger partial charge in [-0.15, -0.1) is 0 Å². The molecular formula is C16H20N2O2S. The molecule has 0 amide bonds. The molecule has 0 saturated carbocycles. The third kappa shape index (κ3) is 3.24. The second kappa shape index (κ2) is 6.72. The van der Waals surface area contributed by atoms with Gasteiger partial charge in [-0.05, 0) is 38.2 Å². The number of hydrogen-bond acceptors (Lipinski definition) is 5. The van der Waals surface area contributed by atoms with Crippen LogP contribution in [0.5, 0.6) is 0 Å². The fourth-order valence-corrected chi connectivity index (χ4v) is 2.60. The maximum atomic E-state index is 12.1. The number of anilines is 1. The Labute approximate surface area is 129 Å². The van der Waals surface area contributed by atoms with Gasteiger partial charge in [0.15, 0.2) is 0 Å². The van der Waals surface area contributed by atoms with Crippen LogP contribution in [0, 0.1) is 0 Å². The summed E-state index contributed by atoms with van der Waals surface area (Å²) >= 11 is 4.34. The van der Waals surface area contributed by atoms with Crippen LogP contribution in [-0.4, -0.2) is 13.1 Å². The summed E-state index contributed by atoms with van der Waals surface area (Å²) in [5, 5.41) is 0.517. The van der Waals surface area contributed by atoms with E-state index in [1.165, 1.54) is 6.20 Å². The molecule has 1 aromatic heterocycles. The molecule has 0 saturated heterocycles. The molecule has 1 heterocycles. The zero-order valence-corrected chi connectivity index (χ0v) is 13.1. The maximum Gasteiger partial charge on any atom is 0.340 e. The molecule has 112 valence electrons. The molecule has 21 heavy (non-hydrogen) atoms. The second-order valence-corrected chi connectivity index (χ2v) is 5.27. The minimum absolute atomic E-state index is 0.363. The molecule has 4 nitrogen and oxygen atoms in total. The fraction of sp³-hybridized carbons (Fsp3) is 0.312. The summed E-state index contributed by atoms with van der Waals surface area (Å²) in [4.78, 5) is 14.3. The van der Waals surface area contributed by atoms with E-state index in [0.29, 0.717) is 11.1 Å². The largest absolute Gasteiger partial charge is 0.422 e. The lowest BCUT2D eigenvalue weighted by Gasteiger charge is -2.21. The number of benzene rings is 1. The van der Waals surface area contributed by atoms with Gasteiger partial charge in [-0.25, -0.2) is 4.79 Å². The molecule has 0 aliphatic heterocycles. The molecule has 0 spiro atoms. The Morgan fingerprint density at radius 2 is 2.05 bits per heavy atom.